The Hall–Kier alpha value is -3.35. The van der Waals surface area contributed by atoms with Gasteiger partial charge in [-0.3, -0.25) is 4.79 Å². The number of hydrogen-bond acceptors (Lipinski definition) is 6. The van der Waals surface area contributed by atoms with Gasteiger partial charge < -0.3 is 14.8 Å². The van der Waals surface area contributed by atoms with Crippen LogP contribution in [0, 0.1) is 6.92 Å². The average molecular weight is 395 g/mol. The summed E-state index contributed by atoms with van der Waals surface area (Å²) in [7, 11) is 1.61. The van der Waals surface area contributed by atoms with E-state index in [0.29, 0.717) is 11.4 Å². The molecule has 0 saturated carbocycles. The van der Waals surface area contributed by atoms with Crippen molar-refractivity contribution in [2.45, 2.75) is 33.1 Å². The SMILES string of the molecule is COc1ccc(-c2nonc2NC(=O)COc2ccc(C(C)(C)C)cc2)cc1C. The van der Waals surface area contributed by atoms with Crippen LogP contribution in [0.25, 0.3) is 11.3 Å². The lowest BCUT2D eigenvalue weighted by Gasteiger charge is -2.19. The molecule has 3 aromatic rings. The predicted octanol–water partition coefficient (Wildman–Crippen LogP) is 4.37. The molecule has 0 spiro atoms. The number of hydrogen-bond donors (Lipinski definition) is 1. The lowest BCUT2D eigenvalue weighted by atomic mass is 9.87. The summed E-state index contributed by atoms with van der Waals surface area (Å²) in [6.45, 7) is 8.20. The Morgan fingerprint density at radius 1 is 1.10 bits per heavy atom. The number of aryl methyl sites for hydroxylation is 1. The van der Waals surface area contributed by atoms with Crippen LogP contribution in [0.5, 0.6) is 11.5 Å². The molecule has 2 aromatic carbocycles. The first kappa shape index (κ1) is 20.4. The number of nitrogens with zero attached hydrogens (tertiary/aromatic N) is 2. The summed E-state index contributed by atoms with van der Waals surface area (Å²) in [5.74, 6) is 1.28. The highest BCUT2D eigenvalue weighted by atomic mass is 16.6. The second-order valence-electron chi connectivity index (χ2n) is 7.76. The number of ether oxygens (including phenoxy) is 2. The fourth-order valence-electron chi connectivity index (χ4n) is 2.85. The van der Waals surface area contributed by atoms with E-state index < -0.39 is 0 Å². The van der Waals surface area contributed by atoms with Crippen molar-refractivity contribution in [1.29, 1.82) is 0 Å². The third-order valence-corrected chi connectivity index (χ3v) is 4.50. The highest BCUT2D eigenvalue weighted by molar-refractivity contribution is 5.94. The first-order chi connectivity index (χ1) is 13.8. The predicted molar refractivity (Wildman–Crippen MR) is 110 cm³/mol. The minimum Gasteiger partial charge on any atom is -0.496 e. The van der Waals surface area contributed by atoms with E-state index in [1.54, 1.807) is 7.11 Å². The Morgan fingerprint density at radius 2 is 1.83 bits per heavy atom. The number of rotatable bonds is 6. The number of amides is 1. The molecule has 7 nitrogen and oxygen atoms in total. The fourth-order valence-corrected chi connectivity index (χ4v) is 2.85. The van der Waals surface area contributed by atoms with Gasteiger partial charge in [0.25, 0.3) is 5.91 Å². The van der Waals surface area contributed by atoms with Crippen LogP contribution in [0.3, 0.4) is 0 Å². The number of nitrogens with one attached hydrogen (secondary N) is 1. The minimum atomic E-state index is -0.355. The normalized spacial score (nSPS) is 11.2. The molecule has 152 valence electrons. The van der Waals surface area contributed by atoms with E-state index in [9.17, 15) is 4.79 Å². The standard InChI is InChI=1S/C22H25N3O4/c1-14-12-15(6-11-18(14)27-5)20-21(25-29-24-20)23-19(26)13-28-17-9-7-16(8-10-17)22(2,3)4/h6-12H,13H2,1-5H3,(H,23,25,26). The van der Waals surface area contributed by atoms with Gasteiger partial charge in [-0.1, -0.05) is 32.9 Å². The number of carbonyl (C=O) groups is 1. The summed E-state index contributed by atoms with van der Waals surface area (Å²) in [6, 6.07) is 13.3. The van der Waals surface area contributed by atoms with Gasteiger partial charge in [-0.15, -0.1) is 0 Å². The van der Waals surface area contributed by atoms with Crippen molar-refractivity contribution in [2.75, 3.05) is 19.0 Å². The summed E-state index contributed by atoms with van der Waals surface area (Å²) in [5, 5.41) is 10.4. The zero-order chi connectivity index (χ0) is 21.0. The monoisotopic (exact) mass is 395 g/mol. The van der Waals surface area contributed by atoms with Crippen molar-refractivity contribution >= 4 is 11.7 Å². The Kier molecular flexibility index (Phi) is 5.87. The van der Waals surface area contributed by atoms with Crippen LogP contribution in [0.1, 0.15) is 31.9 Å². The van der Waals surface area contributed by atoms with E-state index in [-0.39, 0.29) is 23.7 Å². The highest BCUT2D eigenvalue weighted by Crippen LogP contribution is 2.29. The molecule has 0 fully saturated rings. The molecule has 1 heterocycles. The maximum Gasteiger partial charge on any atom is 0.263 e. The molecule has 0 saturated heterocycles. The first-order valence-electron chi connectivity index (χ1n) is 9.28. The van der Waals surface area contributed by atoms with Gasteiger partial charge in [0.15, 0.2) is 12.3 Å². The lowest BCUT2D eigenvalue weighted by Crippen LogP contribution is -2.20. The number of aromatic nitrogens is 2. The Balaban J connectivity index is 1.63. The summed E-state index contributed by atoms with van der Waals surface area (Å²) in [5.41, 5.74) is 3.40. The Morgan fingerprint density at radius 3 is 2.45 bits per heavy atom. The molecule has 3 rings (SSSR count). The second kappa shape index (κ2) is 8.34. The zero-order valence-corrected chi connectivity index (χ0v) is 17.3. The molecule has 0 radical (unpaired) electrons. The van der Waals surface area contributed by atoms with Crippen LogP contribution in [0.2, 0.25) is 0 Å². The lowest BCUT2D eigenvalue weighted by molar-refractivity contribution is -0.118. The van der Waals surface area contributed by atoms with Crippen LogP contribution >= 0.6 is 0 Å². The summed E-state index contributed by atoms with van der Waals surface area (Å²) in [6.07, 6.45) is 0. The van der Waals surface area contributed by atoms with E-state index in [1.807, 2.05) is 49.4 Å². The van der Waals surface area contributed by atoms with Gasteiger partial charge in [-0.2, -0.15) is 0 Å². The van der Waals surface area contributed by atoms with Crippen molar-refractivity contribution in [1.82, 2.24) is 10.3 Å². The van der Waals surface area contributed by atoms with Crippen molar-refractivity contribution in [2.24, 2.45) is 0 Å². The average Bonchev–Trinajstić information content (AvgIpc) is 3.14. The molecule has 29 heavy (non-hydrogen) atoms. The zero-order valence-electron chi connectivity index (χ0n) is 17.3. The van der Waals surface area contributed by atoms with E-state index in [4.69, 9.17) is 14.1 Å². The van der Waals surface area contributed by atoms with Crippen LogP contribution < -0.4 is 14.8 Å². The molecule has 0 aliphatic carbocycles. The van der Waals surface area contributed by atoms with Gasteiger partial charge in [-0.25, -0.2) is 4.63 Å². The van der Waals surface area contributed by atoms with Crippen LogP contribution in [-0.4, -0.2) is 29.9 Å². The Bertz CT molecular complexity index is 988. The van der Waals surface area contributed by atoms with Gasteiger partial charge in [-0.05, 0) is 64.1 Å². The molecule has 1 N–H and O–H groups in total. The molecule has 0 aliphatic rings. The van der Waals surface area contributed by atoms with Crippen molar-refractivity contribution in [3.63, 3.8) is 0 Å². The molecule has 0 aliphatic heterocycles. The quantitative estimate of drug-likeness (QED) is 0.667. The van der Waals surface area contributed by atoms with Gasteiger partial charge in [0, 0.05) is 5.56 Å². The van der Waals surface area contributed by atoms with Crippen LogP contribution in [-0.2, 0) is 10.2 Å². The highest BCUT2D eigenvalue weighted by Gasteiger charge is 2.17. The largest absolute Gasteiger partial charge is 0.496 e. The molecule has 0 unspecified atom stereocenters. The number of carbonyl (C=O) groups excluding carboxylic acids is 1. The third kappa shape index (κ3) is 4.93. The van der Waals surface area contributed by atoms with Crippen molar-refractivity contribution < 1.29 is 18.9 Å². The maximum absolute atomic E-state index is 12.3. The summed E-state index contributed by atoms with van der Waals surface area (Å²) in [4.78, 5) is 12.3. The first-order valence-corrected chi connectivity index (χ1v) is 9.28. The van der Waals surface area contributed by atoms with E-state index in [2.05, 4.69) is 36.4 Å². The molecule has 7 heteroatoms. The van der Waals surface area contributed by atoms with Gasteiger partial charge >= 0.3 is 0 Å². The summed E-state index contributed by atoms with van der Waals surface area (Å²) >= 11 is 0. The molecule has 0 atom stereocenters. The number of methoxy groups -OCH3 is 1. The minimum absolute atomic E-state index is 0.0616. The molecular weight excluding hydrogens is 370 g/mol. The molecule has 1 aromatic heterocycles. The number of anilines is 1. The van der Waals surface area contributed by atoms with Crippen LogP contribution in [0.4, 0.5) is 5.82 Å². The second-order valence-corrected chi connectivity index (χ2v) is 7.76. The van der Waals surface area contributed by atoms with E-state index in [0.717, 1.165) is 16.9 Å². The summed E-state index contributed by atoms with van der Waals surface area (Å²) < 4.78 is 15.7. The van der Waals surface area contributed by atoms with Gasteiger partial charge in [0.05, 0.1) is 7.11 Å². The topological polar surface area (TPSA) is 86.5 Å². The van der Waals surface area contributed by atoms with E-state index in [1.165, 1.54) is 5.56 Å². The van der Waals surface area contributed by atoms with Crippen molar-refractivity contribution in [3.8, 4) is 22.8 Å². The molecule has 1 amide bonds. The molecule has 0 bridgehead atoms. The Labute approximate surface area is 170 Å². The van der Waals surface area contributed by atoms with Gasteiger partial charge in [0.2, 0.25) is 5.82 Å². The maximum atomic E-state index is 12.3. The van der Waals surface area contributed by atoms with Crippen molar-refractivity contribution in [3.05, 3.63) is 53.6 Å². The van der Waals surface area contributed by atoms with E-state index >= 15 is 0 Å². The molecular formula is C22H25N3O4. The fraction of sp³-hybridized carbons (Fsp3) is 0.318. The number of benzene rings is 2. The smallest absolute Gasteiger partial charge is 0.263 e. The van der Waals surface area contributed by atoms with Crippen LogP contribution in [0.15, 0.2) is 47.1 Å². The third-order valence-electron chi connectivity index (χ3n) is 4.50. The van der Waals surface area contributed by atoms with Gasteiger partial charge in [0.1, 0.15) is 11.5 Å².